The topological polar surface area (TPSA) is 89.5 Å². The van der Waals surface area contributed by atoms with Gasteiger partial charge in [0.2, 0.25) is 0 Å². The highest BCUT2D eigenvalue weighted by Gasteiger charge is 2.14. The number of aliphatic carboxylic acids is 1. The van der Waals surface area contributed by atoms with Gasteiger partial charge in [-0.3, -0.25) is 4.79 Å². The van der Waals surface area contributed by atoms with Gasteiger partial charge in [0.15, 0.2) is 0 Å². The molecule has 0 aliphatic rings. The number of carboxylic acids is 1. The number of carbonyl (C=O) groups excluding carboxylic acids is 2. The van der Waals surface area contributed by atoms with Crippen molar-refractivity contribution in [1.29, 1.82) is 0 Å². The minimum absolute atomic E-state index is 0.310. The zero-order valence-electron chi connectivity index (χ0n) is 13.4. The summed E-state index contributed by atoms with van der Waals surface area (Å²) in [5.74, 6) is 4.33. The summed E-state index contributed by atoms with van der Waals surface area (Å²) in [5, 5.41) is 23.0. The SMILES string of the molecule is CSCC[C@@H](NC(=O)c1ccc(C#CC(C)(C)O)cc1)C(=O)[O-]. The molecule has 0 saturated heterocycles. The van der Waals surface area contributed by atoms with Crippen molar-refractivity contribution < 1.29 is 19.8 Å². The lowest BCUT2D eigenvalue weighted by atomic mass is 10.1. The van der Waals surface area contributed by atoms with Crippen LogP contribution in [0.4, 0.5) is 0 Å². The first-order valence-corrected chi connectivity index (χ1v) is 8.48. The fraction of sp³-hybridized carbons (Fsp3) is 0.412. The molecule has 1 aromatic rings. The van der Waals surface area contributed by atoms with Crippen molar-refractivity contribution in [1.82, 2.24) is 5.32 Å². The van der Waals surface area contributed by atoms with Gasteiger partial charge < -0.3 is 20.3 Å². The van der Waals surface area contributed by atoms with E-state index in [0.717, 1.165) is 0 Å². The van der Waals surface area contributed by atoms with Crippen LogP contribution in [0.5, 0.6) is 0 Å². The van der Waals surface area contributed by atoms with Crippen LogP contribution in [0.1, 0.15) is 36.2 Å². The summed E-state index contributed by atoms with van der Waals surface area (Å²) < 4.78 is 0. The molecular weight excluding hydrogens is 314 g/mol. The standard InChI is InChI=1S/C17H21NO4S/c1-17(2,22)10-8-12-4-6-13(7-5-12)15(19)18-14(16(20)21)9-11-23-3/h4-7,14,22H,9,11H2,1-3H3,(H,18,19)(H,20,21)/p-1/t14-/m1/s1. The summed E-state index contributed by atoms with van der Waals surface area (Å²) >= 11 is 1.50. The third-order valence-corrected chi connectivity index (χ3v) is 3.50. The number of amides is 1. The molecule has 6 heteroatoms. The van der Waals surface area contributed by atoms with Gasteiger partial charge in [-0.1, -0.05) is 11.8 Å². The van der Waals surface area contributed by atoms with E-state index in [4.69, 9.17) is 0 Å². The van der Waals surface area contributed by atoms with Crippen LogP contribution in [-0.2, 0) is 4.79 Å². The van der Waals surface area contributed by atoms with Crippen molar-refractivity contribution in [2.75, 3.05) is 12.0 Å². The Hall–Kier alpha value is -1.97. The van der Waals surface area contributed by atoms with Gasteiger partial charge in [0.25, 0.3) is 5.91 Å². The van der Waals surface area contributed by atoms with Gasteiger partial charge in [0.1, 0.15) is 5.60 Å². The number of thioether (sulfide) groups is 1. The number of carbonyl (C=O) groups is 2. The van der Waals surface area contributed by atoms with E-state index in [2.05, 4.69) is 17.2 Å². The Morgan fingerprint density at radius 3 is 2.43 bits per heavy atom. The van der Waals surface area contributed by atoms with E-state index in [9.17, 15) is 19.8 Å². The maximum Gasteiger partial charge on any atom is 0.251 e. The molecule has 0 saturated carbocycles. The number of hydrogen-bond donors (Lipinski definition) is 2. The molecule has 1 atom stereocenters. The molecule has 5 nitrogen and oxygen atoms in total. The smallest absolute Gasteiger partial charge is 0.251 e. The van der Waals surface area contributed by atoms with E-state index >= 15 is 0 Å². The lowest BCUT2D eigenvalue weighted by molar-refractivity contribution is -0.308. The maximum atomic E-state index is 12.1. The summed E-state index contributed by atoms with van der Waals surface area (Å²) in [6.45, 7) is 3.16. The van der Waals surface area contributed by atoms with Crippen molar-refractivity contribution in [3.05, 3.63) is 35.4 Å². The van der Waals surface area contributed by atoms with Crippen LogP contribution in [0.15, 0.2) is 24.3 Å². The molecule has 0 bridgehead atoms. The molecule has 124 valence electrons. The Morgan fingerprint density at radius 2 is 1.96 bits per heavy atom. The van der Waals surface area contributed by atoms with Gasteiger partial charge >= 0.3 is 0 Å². The van der Waals surface area contributed by atoms with E-state index in [1.807, 2.05) is 6.26 Å². The first-order valence-electron chi connectivity index (χ1n) is 7.09. The van der Waals surface area contributed by atoms with Crippen LogP contribution in [-0.4, -0.2) is 40.6 Å². The quantitative estimate of drug-likeness (QED) is 0.736. The lowest BCUT2D eigenvalue weighted by Gasteiger charge is -2.19. The van der Waals surface area contributed by atoms with E-state index in [-0.39, 0.29) is 0 Å². The summed E-state index contributed by atoms with van der Waals surface area (Å²) in [5.41, 5.74) is -0.0913. The molecule has 2 N–H and O–H groups in total. The Kier molecular flexibility index (Phi) is 7.14. The highest BCUT2D eigenvalue weighted by atomic mass is 32.2. The van der Waals surface area contributed by atoms with Crippen LogP contribution in [0.2, 0.25) is 0 Å². The van der Waals surface area contributed by atoms with E-state index < -0.39 is 23.5 Å². The molecule has 0 unspecified atom stereocenters. The van der Waals surface area contributed by atoms with E-state index in [1.54, 1.807) is 38.1 Å². The fourth-order valence-corrected chi connectivity index (χ4v) is 2.13. The molecule has 1 rings (SSSR count). The molecule has 1 aromatic carbocycles. The summed E-state index contributed by atoms with van der Waals surface area (Å²) in [7, 11) is 0. The third-order valence-electron chi connectivity index (χ3n) is 2.86. The van der Waals surface area contributed by atoms with E-state index in [0.29, 0.717) is 23.3 Å². The molecule has 0 radical (unpaired) electrons. The second-order valence-corrected chi connectivity index (χ2v) is 6.50. The summed E-state index contributed by atoms with van der Waals surface area (Å²) in [6.07, 6.45) is 2.17. The van der Waals surface area contributed by atoms with Crippen LogP contribution >= 0.6 is 11.8 Å². The van der Waals surface area contributed by atoms with Crippen molar-refractivity contribution in [2.24, 2.45) is 0 Å². The number of rotatable bonds is 6. The van der Waals surface area contributed by atoms with Crippen LogP contribution in [0, 0.1) is 11.8 Å². The molecule has 1 amide bonds. The maximum absolute atomic E-state index is 12.1. The largest absolute Gasteiger partial charge is 0.548 e. The lowest BCUT2D eigenvalue weighted by Crippen LogP contribution is -2.48. The van der Waals surface area contributed by atoms with Gasteiger partial charge in [-0.05, 0) is 56.5 Å². The van der Waals surface area contributed by atoms with Gasteiger partial charge in [0.05, 0.1) is 12.0 Å². The Balaban J connectivity index is 2.76. The minimum Gasteiger partial charge on any atom is -0.548 e. The van der Waals surface area contributed by atoms with Crippen LogP contribution in [0.25, 0.3) is 0 Å². The Bertz CT molecular complexity index is 608. The van der Waals surface area contributed by atoms with Gasteiger partial charge in [-0.25, -0.2) is 0 Å². The number of benzene rings is 1. The number of carboxylic acid groups (broad SMARTS) is 1. The van der Waals surface area contributed by atoms with Gasteiger partial charge in [-0.15, -0.1) is 0 Å². The van der Waals surface area contributed by atoms with E-state index in [1.165, 1.54) is 11.8 Å². The van der Waals surface area contributed by atoms with Crippen molar-refractivity contribution in [2.45, 2.75) is 31.9 Å². The average Bonchev–Trinajstić information content (AvgIpc) is 2.48. The molecular formula is C17H20NO4S-. The predicted molar refractivity (Wildman–Crippen MR) is 88.9 cm³/mol. The third kappa shape index (κ3) is 7.22. The fourth-order valence-electron chi connectivity index (χ4n) is 1.66. The van der Waals surface area contributed by atoms with Gasteiger partial charge in [0, 0.05) is 11.1 Å². The van der Waals surface area contributed by atoms with Crippen LogP contribution in [0.3, 0.4) is 0 Å². The van der Waals surface area contributed by atoms with Crippen molar-refractivity contribution in [3.8, 4) is 11.8 Å². The van der Waals surface area contributed by atoms with Crippen molar-refractivity contribution >= 4 is 23.6 Å². The predicted octanol–water partition coefficient (Wildman–Crippen LogP) is 0.410. The molecule has 23 heavy (non-hydrogen) atoms. The molecule has 0 fully saturated rings. The molecule has 0 aromatic heterocycles. The molecule has 0 aliphatic heterocycles. The zero-order chi connectivity index (χ0) is 17.5. The minimum atomic E-state index is -1.29. The highest BCUT2D eigenvalue weighted by molar-refractivity contribution is 7.98. The molecule has 0 heterocycles. The number of aliphatic hydroxyl groups is 1. The first-order chi connectivity index (χ1) is 10.7. The Morgan fingerprint density at radius 1 is 1.35 bits per heavy atom. The average molecular weight is 334 g/mol. The Labute approximate surface area is 140 Å². The second kappa shape index (κ2) is 8.61. The van der Waals surface area contributed by atoms with Gasteiger partial charge in [-0.2, -0.15) is 11.8 Å². The van der Waals surface area contributed by atoms with Crippen LogP contribution < -0.4 is 10.4 Å². The zero-order valence-corrected chi connectivity index (χ0v) is 14.2. The second-order valence-electron chi connectivity index (χ2n) is 5.51. The van der Waals surface area contributed by atoms with Crippen molar-refractivity contribution in [3.63, 3.8) is 0 Å². The highest BCUT2D eigenvalue weighted by Crippen LogP contribution is 2.07. The first kappa shape index (κ1) is 19.1. The summed E-state index contributed by atoms with van der Waals surface area (Å²) in [4.78, 5) is 23.1. The summed E-state index contributed by atoms with van der Waals surface area (Å²) in [6, 6.07) is 5.40. The monoisotopic (exact) mass is 334 g/mol. The number of nitrogens with one attached hydrogen (secondary N) is 1. The molecule has 0 spiro atoms. The molecule has 0 aliphatic carbocycles. The number of hydrogen-bond acceptors (Lipinski definition) is 5. The normalized spacial score (nSPS) is 12.0.